The Labute approximate surface area is 66.8 Å². The molecule has 64 valence electrons. The number of methoxy groups -OCH3 is 1. The predicted octanol–water partition coefficient (Wildman–Crippen LogP) is -0.229. The predicted molar refractivity (Wildman–Crippen MR) is 43.2 cm³/mol. The highest BCUT2D eigenvalue weighted by Gasteiger charge is 2.46. The van der Waals surface area contributed by atoms with Crippen LogP contribution >= 0.6 is 0 Å². The van der Waals surface area contributed by atoms with Crippen molar-refractivity contribution < 1.29 is 4.74 Å². The normalized spacial score (nSPS) is 20.5. The van der Waals surface area contributed by atoms with E-state index in [0.717, 1.165) is 12.8 Å². The first kappa shape index (κ1) is 8.36. The SMILES string of the molecule is COCC1(N(N)/C=C\N)CC1. The summed E-state index contributed by atoms with van der Waals surface area (Å²) < 4.78 is 5.04. The maximum atomic E-state index is 5.70. The number of rotatable bonds is 4. The lowest BCUT2D eigenvalue weighted by Gasteiger charge is -2.24. The van der Waals surface area contributed by atoms with Crippen LogP contribution in [0.15, 0.2) is 12.4 Å². The van der Waals surface area contributed by atoms with Crippen molar-refractivity contribution in [2.45, 2.75) is 18.4 Å². The molecule has 0 aliphatic heterocycles. The molecule has 0 saturated heterocycles. The number of hydrazine groups is 1. The van der Waals surface area contributed by atoms with E-state index in [1.54, 1.807) is 18.3 Å². The molecular weight excluding hydrogens is 142 g/mol. The summed E-state index contributed by atoms with van der Waals surface area (Å²) >= 11 is 0. The molecule has 0 aromatic rings. The van der Waals surface area contributed by atoms with Gasteiger partial charge in [-0.2, -0.15) is 0 Å². The van der Waals surface area contributed by atoms with Gasteiger partial charge in [-0.3, -0.25) is 0 Å². The summed E-state index contributed by atoms with van der Waals surface area (Å²) in [6.45, 7) is 0.674. The fourth-order valence-electron chi connectivity index (χ4n) is 1.14. The van der Waals surface area contributed by atoms with Gasteiger partial charge in [-0.15, -0.1) is 0 Å². The number of hydrogen-bond acceptors (Lipinski definition) is 4. The molecule has 1 rings (SSSR count). The van der Waals surface area contributed by atoms with Gasteiger partial charge in [0.15, 0.2) is 0 Å². The largest absolute Gasteiger partial charge is 0.403 e. The van der Waals surface area contributed by atoms with Crippen LogP contribution in [0.4, 0.5) is 0 Å². The molecular formula is C7H15N3O. The van der Waals surface area contributed by atoms with E-state index in [1.165, 1.54) is 6.20 Å². The van der Waals surface area contributed by atoms with E-state index < -0.39 is 0 Å². The van der Waals surface area contributed by atoms with Crippen LogP contribution in [-0.2, 0) is 4.74 Å². The molecule has 0 aromatic heterocycles. The Kier molecular flexibility index (Phi) is 2.36. The van der Waals surface area contributed by atoms with Crippen molar-refractivity contribution >= 4 is 0 Å². The molecule has 4 N–H and O–H groups in total. The second-order valence-electron chi connectivity index (χ2n) is 2.91. The van der Waals surface area contributed by atoms with Crippen molar-refractivity contribution in [3.63, 3.8) is 0 Å². The highest BCUT2D eigenvalue weighted by molar-refractivity contribution is 5.05. The Morgan fingerprint density at radius 3 is 2.64 bits per heavy atom. The second kappa shape index (κ2) is 3.11. The van der Waals surface area contributed by atoms with E-state index in [4.69, 9.17) is 16.3 Å². The first-order chi connectivity index (χ1) is 5.25. The lowest BCUT2D eigenvalue weighted by Crippen LogP contribution is -2.41. The van der Waals surface area contributed by atoms with E-state index in [2.05, 4.69) is 0 Å². The molecule has 0 heterocycles. The van der Waals surface area contributed by atoms with E-state index in [0.29, 0.717) is 6.61 Å². The van der Waals surface area contributed by atoms with Crippen LogP contribution in [-0.4, -0.2) is 24.3 Å². The van der Waals surface area contributed by atoms with Gasteiger partial charge < -0.3 is 15.5 Å². The van der Waals surface area contributed by atoms with Crippen molar-refractivity contribution in [1.82, 2.24) is 5.01 Å². The average Bonchev–Trinajstić information content (AvgIpc) is 2.71. The monoisotopic (exact) mass is 157 g/mol. The Bertz CT molecular complexity index is 154. The zero-order valence-electron chi connectivity index (χ0n) is 6.79. The Hall–Kier alpha value is -0.740. The molecule has 0 amide bonds. The third-order valence-corrected chi connectivity index (χ3v) is 2.03. The van der Waals surface area contributed by atoms with Crippen LogP contribution < -0.4 is 11.6 Å². The number of nitrogens with zero attached hydrogens (tertiary/aromatic N) is 1. The molecule has 4 nitrogen and oxygen atoms in total. The highest BCUT2D eigenvalue weighted by Crippen LogP contribution is 2.40. The van der Waals surface area contributed by atoms with Gasteiger partial charge in [0.25, 0.3) is 0 Å². The van der Waals surface area contributed by atoms with Crippen LogP contribution in [0.2, 0.25) is 0 Å². The summed E-state index contributed by atoms with van der Waals surface area (Å²) in [6, 6.07) is 0. The van der Waals surface area contributed by atoms with Crippen LogP contribution in [0.5, 0.6) is 0 Å². The van der Waals surface area contributed by atoms with E-state index in [9.17, 15) is 0 Å². The topological polar surface area (TPSA) is 64.5 Å². The molecule has 11 heavy (non-hydrogen) atoms. The molecule has 0 radical (unpaired) electrons. The van der Waals surface area contributed by atoms with Gasteiger partial charge in [0.1, 0.15) is 0 Å². The minimum atomic E-state index is 0.0324. The smallest absolute Gasteiger partial charge is 0.0789 e. The van der Waals surface area contributed by atoms with Crippen LogP contribution in [0.1, 0.15) is 12.8 Å². The molecule has 1 aliphatic carbocycles. The first-order valence-corrected chi connectivity index (χ1v) is 3.66. The molecule has 1 fully saturated rings. The Morgan fingerprint density at radius 2 is 2.27 bits per heavy atom. The number of nitrogens with two attached hydrogens (primary N) is 2. The summed E-state index contributed by atoms with van der Waals surface area (Å²) in [5, 5.41) is 1.64. The van der Waals surface area contributed by atoms with Gasteiger partial charge in [-0.25, -0.2) is 5.84 Å². The van der Waals surface area contributed by atoms with Gasteiger partial charge in [0, 0.05) is 19.5 Å². The van der Waals surface area contributed by atoms with Gasteiger partial charge >= 0.3 is 0 Å². The zero-order valence-corrected chi connectivity index (χ0v) is 6.79. The van der Waals surface area contributed by atoms with Gasteiger partial charge in [-0.05, 0) is 12.8 Å². The average molecular weight is 157 g/mol. The molecule has 1 saturated carbocycles. The van der Waals surface area contributed by atoms with Crippen molar-refractivity contribution in [3.8, 4) is 0 Å². The number of hydrogen-bond donors (Lipinski definition) is 2. The van der Waals surface area contributed by atoms with Gasteiger partial charge in [0.05, 0.1) is 12.1 Å². The maximum absolute atomic E-state index is 5.70. The van der Waals surface area contributed by atoms with Crippen LogP contribution in [0.3, 0.4) is 0 Å². The minimum Gasteiger partial charge on any atom is -0.403 e. The van der Waals surface area contributed by atoms with Crippen molar-refractivity contribution in [3.05, 3.63) is 12.4 Å². The zero-order chi connectivity index (χ0) is 8.32. The molecule has 0 bridgehead atoms. The quantitative estimate of drug-likeness (QED) is 0.437. The van der Waals surface area contributed by atoms with Gasteiger partial charge in [-0.1, -0.05) is 0 Å². The summed E-state index contributed by atoms with van der Waals surface area (Å²) in [5.74, 6) is 5.70. The minimum absolute atomic E-state index is 0.0324. The van der Waals surface area contributed by atoms with Crippen molar-refractivity contribution in [2.75, 3.05) is 13.7 Å². The van der Waals surface area contributed by atoms with Crippen molar-refractivity contribution in [2.24, 2.45) is 11.6 Å². The second-order valence-corrected chi connectivity index (χ2v) is 2.91. The lowest BCUT2D eigenvalue weighted by atomic mass is 10.3. The summed E-state index contributed by atoms with van der Waals surface area (Å²) in [7, 11) is 1.68. The molecule has 0 unspecified atom stereocenters. The third-order valence-electron chi connectivity index (χ3n) is 2.03. The molecule has 0 aromatic carbocycles. The highest BCUT2D eigenvalue weighted by atomic mass is 16.5. The third kappa shape index (κ3) is 1.64. The fraction of sp³-hybridized carbons (Fsp3) is 0.714. The van der Waals surface area contributed by atoms with Gasteiger partial charge in [0.2, 0.25) is 0 Å². The van der Waals surface area contributed by atoms with Crippen molar-refractivity contribution in [1.29, 1.82) is 0 Å². The van der Waals surface area contributed by atoms with Crippen LogP contribution in [0, 0.1) is 0 Å². The summed E-state index contributed by atoms with van der Waals surface area (Å²) in [6.07, 6.45) is 5.28. The molecule has 1 aliphatic rings. The number of ether oxygens (including phenoxy) is 1. The molecule has 0 spiro atoms. The summed E-state index contributed by atoms with van der Waals surface area (Å²) in [4.78, 5) is 0. The summed E-state index contributed by atoms with van der Waals surface area (Å²) in [5.41, 5.74) is 5.24. The molecule has 4 heteroatoms. The first-order valence-electron chi connectivity index (χ1n) is 3.66. The van der Waals surface area contributed by atoms with E-state index in [-0.39, 0.29) is 5.54 Å². The van der Waals surface area contributed by atoms with Crippen LogP contribution in [0.25, 0.3) is 0 Å². The maximum Gasteiger partial charge on any atom is 0.0789 e. The fourth-order valence-corrected chi connectivity index (χ4v) is 1.14. The lowest BCUT2D eigenvalue weighted by molar-refractivity contribution is 0.104. The standard InChI is InChI=1S/C7H15N3O/c1-11-6-7(2-3-7)10(9)5-4-8/h4-5H,2-3,6,8-9H2,1H3/b5-4-. The van der Waals surface area contributed by atoms with E-state index >= 15 is 0 Å². The Morgan fingerprint density at radius 1 is 1.64 bits per heavy atom. The Balaban J connectivity index is 2.44. The van der Waals surface area contributed by atoms with E-state index in [1.807, 2.05) is 0 Å². The molecule has 0 atom stereocenters.